The molecule has 4 nitrogen and oxygen atoms in total. The molecule has 0 spiro atoms. The van der Waals surface area contributed by atoms with Crippen molar-refractivity contribution in [3.63, 3.8) is 0 Å². The lowest BCUT2D eigenvalue weighted by Crippen LogP contribution is -2.41. The Balaban J connectivity index is 2.24. The Kier molecular flexibility index (Phi) is 7.91. The first kappa shape index (κ1) is 16.9. The number of ether oxygens (including phenoxy) is 3. The monoisotopic (exact) mass is 273 g/mol. The van der Waals surface area contributed by atoms with Crippen molar-refractivity contribution in [1.29, 1.82) is 0 Å². The van der Waals surface area contributed by atoms with Crippen LogP contribution in [0.25, 0.3) is 0 Å². The summed E-state index contributed by atoms with van der Waals surface area (Å²) >= 11 is 0. The molecule has 0 aliphatic carbocycles. The largest absolute Gasteiger partial charge is 0.381 e. The van der Waals surface area contributed by atoms with Gasteiger partial charge in [0.05, 0.1) is 18.8 Å². The number of hydrogen-bond donors (Lipinski definition) is 1. The Labute approximate surface area is 118 Å². The van der Waals surface area contributed by atoms with Gasteiger partial charge in [-0.1, -0.05) is 6.92 Å². The Bertz CT molecular complexity index is 227. The van der Waals surface area contributed by atoms with E-state index >= 15 is 0 Å². The first-order chi connectivity index (χ1) is 9.09. The highest BCUT2D eigenvalue weighted by Crippen LogP contribution is 2.18. The molecule has 1 N–H and O–H groups in total. The molecule has 1 aliphatic heterocycles. The lowest BCUT2D eigenvalue weighted by atomic mass is 9.99. The van der Waals surface area contributed by atoms with Crippen molar-refractivity contribution in [3.8, 4) is 0 Å². The lowest BCUT2D eigenvalue weighted by Gasteiger charge is -2.26. The summed E-state index contributed by atoms with van der Waals surface area (Å²) in [4.78, 5) is 0. The molecule has 4 heteroatoms. The van der Waals surface area contributed by atoms with E-state index in [0.717, 1.165) is 52.2 Å². The van der Waals surface area contributed by atoms with Crippen LogP contribution in [-0.4, -0.2) is 51.7 Å². The molecule has 1 heterocycles. The van der Waals surface area contributed by atoms with Gasteiger partial charge in [0.25, 0.3) is 0 Å². The fraction of sp³-hybridized carbons (Fsp3) is 1.00. The zero-order valence-corrected chi connectivity index (χ0v) is 13.0. The van der Waals surface area contributed by atoms with Crippen LogP contribution in [0.1, 0.15) is 40.0 Å². The molecule has 1 rings (SSSR count). The van der Waals surface area contributed by atoms with E-state index in [2.05, 4.69) is 26.1 Å². The van der Waals surface area contributed by atoms with Crippen LogP contribution in [0, 0.1) is 5.92 Å². The second-order valence-electron chi connectivity index (χ2n) is 5.97. The molecular weight excluding hydrogens is 242 g/mol. The third kappa shape index (κ3) is 6.70. The van der Waals surface area contributed by atoms with Crippen molar-refractivity contribution in [2.24, 2.45) is 5.92 Å². The molecule has 1 aliphatic rings. The molecule has 0 radical (unpaired) electrons. The summed E-state index contributed by atoms with van der Waals surface area (Å²) in [5.41, 5.74) is -0.0944. The van der Waals surface area contributed by atoms with Crippen LogP contribution in [0.15, 0.2) is 0 Å². The van der Waals surface area contributed by atoms with E-state index in [1.807, 2.05) is 0 Å². The summed E-state index contributed by atoms with van der Waals surface area (Å²) in [5, 5.41) is 3.59. The maximum atomic E-state index is 5.84. The van der Waals surface area contributed by atoms with Crippen molar-refractivity contribution in [2.75, 3.05) is 40.1 Å². The highest BCUT2D eigenvalue weighted by Gasteiger charge is 2.25. The van der Waals surface area contributed by atoms with Gasteiger partial charge < -0.3 is 19.5 Å². The van der Waals surface area contributed by atoms with Gasteiger partial charge in [-0.15, -0.1) is 0 Å². The van der Waals surface area contributed by atoms with Crippen LogP contribution in [0.5, 0.6) is 0 Å². The van der Waals surface area contributed by atoms with Crippen LogP contribution in [0.2, 0.25) is 0 Å². The number of rotatable bonds is 10. The fourth-order valence-corrected chi connectivity index (χ4v) is 2.19. The Morgan fingerprint density at radius 1 is 1.42 bits per heavy atom. The predicted octanol–water partition coefficient (Wildman–Crippen LogP) is 2.22. The minimum atomic E-state index is -0.0944. The number of nitrogens with one attached hydrogen (secondary N) is 1. The normalized spacial score (nSPS) is 21.8. The first-order valence-corrected chi connectivity index (χ1v) is 7.53. The van der Waals surface area contributed by atoms with E-state index < -0.39 is 0 Å². The molecule has 0 amide bonds. The van der Waals surface area contributed by atoms with Gasteiger partial charge in [-0.05, 0) is 39.7 Å². The fourth-order valence-electron chi connectivity index (χ4n) is 2.19. The maximum absolute atomic E-state index is 5.84. The average molecular weight is 273 g/mol. The summed E-state index contributed by atoms with van der Waals surface area (Å²) in [5.74, 6) is 0.599. The van der Waals surface area contributed by atoms with Crippen molar-refractivity contribution in [1.82, 2.24) is 5.32 Å². The van der Waals surface area contributed by atoms with Crippen molar-refractivity contribution >= 4 is 0 Å². The van der Waals surface area contributed by atoms with Crippen molar-refractivity contribution in [2.45, 2.75) is 51.7 Å². The second-order valence-corrected chi connectivity index (χ2v) is 5.97. The molecule has 19 heavy (non-hydrogen) atoms. The van der Waals surface area contributed by atoms with Crippen LogP contribution in [0.3, 0.4) is 0 Å². The minimum absolute atomic E-state index is 0.0944. The van der Waals surface area contributed by atoms with Crippen LogP contribution >= 0.6 is 0 Å². The van der Waals surface area contributed by atoms with E-state index in [-0.39, 0.29) is 5.60 Å². The highest BCUT2D eigenvalue weighted by molar-refractivity contribution is 4.79. The highest BCUT2D eigenvalue weighted by atomic mass is 16.5. The smallest absolute Gasteiger partial charge is 0.0644 e. The number of methoxy groups -OCH3 is 1. The molecule has 0 saturated carbocycles. The molecule has 0 aromatic carbocycles. The molecule has 0 bridgehead atoms. The molecule has 2 atom stereocenters. The van der Waals surface area contributed by atoms with Gasteiger partial charge in [0.15, 0.2) is 0 Å². The van der Waals surface area contributed by atoms with Crippen LogP contribution in [-0.2, 0) is 14.2 Å². The minimum Gasteiger partial charge on any atom is -0.381 e. The van der Waals surface area contributed by atoms with E-state index in [1.165, 1.54) is 0 Å². The van der Waals surface area contributed by atoms with Gasteiger partial charge in [0.1, 0.15) is 0 Å². The zero-order valence-electron chi connectivity index (χ0n) is 13.0. The van der Waals surface area contributed by atoms with Gasteiger partial charge in [-0.25, -0.2) is 0 Å². The Morgan fingerprint density at radius 3 is 2.79 bits per heavy atom. The third-order valence-corrected chi connectivity index (χ3v) is 3.89. The van der Waals surface area contributed by atoms with E-state index in [0.29, 0.717) is 12.0 Å². The van der Waals surface area contributed by atoms with Crippen molar-refractivity contribution < 1.29 is 14.2 Å². The molecule has 2 unspecified atom stereocenters. The lowest BCUT2D eigenvalue weighted by molar-refractivity contribution is -0.0145. The second kappa shape index (κ2) is 8.90. The van der Waals surface area contributed by atoms with Gasteiger partial charge in [-0.3, -0.25) is 0 Å². The first-order valence-electron chi connectivity index (χ1n) is 7.53. The zero-order chi connectivity index (χ0) is 14.1. The Morgan fingerprint density at radius 2 is 2.21 bits per heavy atom. The molecule has 1 fully saturated rings. The molecule has 0 aromatic rings. The quantitative estimate of drug-likeness (QED) is 0.620. The summed E-state index contributed by atoms with van der Waals surface area (Å²) in [6.07, 6.45) is 3.22. The summed E-state index contributed by atoms with van der Waals surface area (Å²) in [6.45, 7) is 10.7. The summed E-state index contributed by atoms with van der Waals surface area (Å²) < 4.78 is 16.7. The third-order valence-electron chi connectivity index (χ3n) is 3.89. The maximum Gasteiger partial charge on any atom is 0.0644 e. The van der Waals surface area contributed by atoms with Gasteiger partial charge in [-0.2, -0.15) is 0 Å². The van der Waals surface area contributed by atoms with Gasteiger partial charge in [0, 0.05) is 32.3 Å². The van der Waals surface area contributed by atoms with Crippen molar-refractivity contribution in [3.05, 3.63) is 0 Å². The average Bonchev–Trinajstić information content (AvgIpc) is 2.92. The topological polar surface area (TPSA) is 39.7 Å². The van der Waals surface area contributed by atoms with Gasteiger partial charge in [0.2, 0.25) is 0 Å². The molecule has 0 aromatic heterocycles. The predicted molar refractivity (Wildman–Crippen MR) is 77.5 cm³/mol. The van der Waals surface area contributed by atoms with E-state index in [9.17, 15) is 0 Å². The van der Waals surface area contributed by atoms with Crippen LogP contribution in [0.4, 0.5) is 0 Å². The molecule has 1 saturated heterocycles. The molecular formula is C15H31NO3. The summed E-state index contributed by atoms with van der Waals surface area (Å²) in [7, 11) is 1.75. The van der Waals surface area contributed by atoms with E-state index in [1.54, 1.807) is 7.11 Å². The standard InChI is InChI=1S/C15H31NO3/c1-5-8-16-14(13-6-9-18-11-13)12-19-10-7-15(2,3)17-4/h13-14,16H,5-12H2,1-4H3. The number of hydrogen-bond acceptors (Lipinski definition) is 4. The van der Waals surface area contributed by atoms with Gasteiger partial charge >= 0.3 is 0 Å². The van der Waals surface area contributed by atoms with E-state index in [4.69, 9.17) is 14.2 Å². The van der Waals surface area contributed by atoms with Crippen LogP contribution < -0.4 is 5.32 Å². The SMILES string of the molecule is CCCNC(COCCC(C)(C)OC)C1CCOC1. The Hall–Kier alpha value is -0.160. The molecule has 114 valence electrons. The summed E-state index contributed by atoms with van der Waals surface area (Å²) in [6, 6.07) is 0.424.